The summed E-state index contributed by atoms with van der Waals surface area (Å²) in [5.74, 6) is 0.873. The molecule has 0 saturated heterocycles. The molecule has 0 bridgehead atoms. The molecule has 0 aliphatic rings. The highest BCUT2D eigenvalue weighted by Crippen LogP contribution is 2.31. The third-order valence-electron chi connectivity index (χ3n) is 4.06. The van der Waals surface area contributed by atoms with E-state index in [-0.39, 0.29) is 5.91 Å². The van der Waals surface area contributed by atoms with E-state index in [1.165, 1.54) is 0 Å². The Morgan fingerprint density at radius 2 is 2.00 bits per heavy atom. The third-order valence-corrected chi connectivity index (χ3v) is 5.14. The Bertz CT molecular complexity index is 1070. The van der Waals surface area contributed by atoms with Gasteiger partial charge in [-0.2, -0.15) is 0 Å². The van der Waals surface area contributed by atoms with E-state index in [0.717, 1.165) is 26.5 Å². The summed E-state index contributed by atoms with van der Waals surface area (Å²) in [6, 6.07) is 17.2. The van der Waals surface area contributed by atoms with Gasteiger partial charge in [0.15, 0.2) is 5.82 Å². The molecule has 0 fully saturated rings. The number of carbonyl (C=O) groups excluding carboxylic acids is 1. The molecule has 4 aromatic rings. The summed E-state index contributed by atoms with van der Waals surface area (Å²) in [7, 11) is 0. The molecule has 0 saturated carbocycles. The fraction of sp³-hybridized carbons (Fsp3) is 0.150. The number of rotatable bonds is 5. The van der Waals surface area contributed by atoms with Crippen molar-refractivity contribution in [2.24, 2.45) is 0 Å². The van der Waals surface area contributed by atoms with Gasteiger partial charge in [0.2, 0.25) is 5.91 Å². The molecule has 1 atom stereocenters. The zero-order valence-corrected chi connectivity index (χ0v) is 15.7. The fourth-order valence-electron chi connectivity index (χ4n) is 2.71. The van der Waals surface area contributed by atoms with Gasteiger partial charge in [-0.15, -0.1) is 11.3 Å². The Morgan fingerprint density at radius 3 is 2.78 bits per heavy atom. The van der Waals surface area contributed by atoms with E-state index >= 15 is 0 Å². The van der Waals surface area contributed by atoms with Crippen molar-refractivity contribution >= 4 is 39.0 Å². The summed E-state index contributed by atoms with van der Waals surface area (Å²) >= 11 is 1.65. The second-order valence-corrected chi connectivity index (χ2v) is 7.28. The van der Waals surface area contributed by atoms with E-state index in [4.69, 9.17) is 4.52 Å². The Morgan fingerprint density at radius 1 is 1.15 bits per heavy atom. The number of amides is 1. The number of benzene rings is 2. The van der Waals surface area contributed by atoms with Crippen molar-refractivity contribution in [2.45, 2.75) is 19.9 Å². The minimum atomic E-state index is -0.437. The van der Waals surface area contributed by atoms with Crippen molar-refractivity contribution in [3.8, 4) is 10.6 Å². The van der Waals surface area contributed by atoms with E-state index in [1.807, 2.05) is 42.5 Å². The molecule has 27 heavy (non-hydrogen) atoms. The molecule has 6 nitrogen and oxygen atoms in total. The molecular formula is C20H18N4O2S. The number of thiazole rings is 1. The van der Waals surface area contributed by atoms with E-state index in [9.17, 15) is 4.79 Å². The first-order valence-corrected chi connectivity index (χ1v) is 9.37. The Labute approximate surface area is 160 Å². The highest BCUT2D eigenvalue weighted by molar-refractivity contribution is 7.21. The Kier molecular flexibility index (Phi) is 4.60. The maximum Gasteiger partial charge on any atom is 0.247 e. The van der Waals surface area contributed by atoms with Gasteiger partial charge < -0.3 is 15.2 Å². The van der Waals surface area contributed by atoms with E-state index in [2.05, 4.69) is 26.8 Å². The van der Waals surface area contributed by atoms with Crippen LogP contribution in [0, 0.1) is 6.92 Å². The summed E-state index contributed by atoms with van der Waals surface area (Å²) in [6.45, 7) is 3.57. The summed E-state index contributed by atoms with van der Waals surface area (Å²) in [5, 5.41) is 10.7. The number of aryl methyl sites for hydroxylation is 1. The van der Waals surface area contributed by atoms with Crippen molar-refractivity contribution in [3.05, 3.63) is 60.4 Å². The molecular weight excluding hydrogens is 360 g/mol. The second kappa shape index (κ2) is 7.20. The SMILES string of the molecule is Cc1cc(NC(=O)C(C)Nc2cccc(-c3nc4ccccc4s3)c2)no1. The van der Waals surface area contributed by atoms with Crippen LogP contribution in [0.25, 0.3) is 20.8 Å². The Balaban J connectivity index is 1.49. The first-order valence-electron chi connectivity index (χ1n) is 8.55. The van der Waals surface area contributed by atoms with Gasteiger partial charge in [-0.05, 0) is 38.1 Å². The van der Waals surface area contributed by atoms with Crippen LogP contribution in [0.2, 0.25) is 0 Å². The van der Waals surface area contributed by atoms with Gasteiger partial charge in [0.05, 0.1) is 10.2 Å². The standard InChI is InChI=1S/C20H18N4O2S/c1-12-10-18(24-26-12)23-19(25)13(2)21-15-7-5-6-14(11-15)20-22-16-8-3-4-9-17(16)27-20/h3-11,13,21H,1-2H3,(H,23,24,25). The normalized spacial score (nSPS) is 12.1. The zero-order valence-electron chi connectivity index (χ0n) is 14.9. The summed E-state index contributed by atoms with van der Waals surface area (Å²) in [6.07, 6.45) is 0. The molecule has 1 unspecified atom stereocenters. The smallest absolute Gasteiger partial charge is 0.247 e. The first kappa shape index (κ1) is 17.2. The van der Waals surface area contributed by atoms with Crippen LogP contribution in [-0.2, 0) is 4.79 Å². The molecule has 1 amide bonds. The lowest BCUT2D eigenvalue weighted by Gasteiger charge is -2.14. The molecule has 4 rings (SSSR count). The third kappa shape index (κ3) is 3.83. The number of nitrogens with one attached hydrogen (secondary N) is 2. The van der Waals surface area contributed by atoms with Crippen LogP contribution in [0.4, 0.5) is 11.5 Å². The van der Waals surface area contributed by atoms with Gasteiger partial charge in [-0.3, -0.25) is 4.79 Å². The monoisotopic (exact) mass is 378 g/mol. The van der Waals surface area contributed by atoms with Crippen molar-refractivity contribution in [3.63, 3.8) is 0 Å². The van der Waals surface area contributed by atoms with Crippen LogP contribution in [0.3, 0.4) is 0 Å². The predicted molar refractivity (Wildman–Crippen MR) is 108 cm³/mol. The van der Waals surface area contributed by atoms with Crippen molar-refractivity contribution in [2.75, 3.05) is 10.6 Å². The number of nitrogens with zero attached hydrogens (tertiary/aromatic N) is 2. The highest BCUT2D eigenvalue weighted by atomic mass is 32.1. The molecule has 2 heterocycles. The minimum Gasteiger partial charge on any atom is -0.374 e. The predicted octanol–water partition coefficient (Wildman–Crippen LogP) is 4.70. The van der Waals surface area contributed by atoms with Gasteiger partial charge in [-0.25, -0.2) is 4.98 Å². The van der Waals surface area contributed by atoms with E-state index in [0.29, 0.717) is 11.6 Å². The number of carbonyl (C=O) groups is 1. The van der Waals surface area contributed by atoms with Crippen LogP contribution >= 0.6 is 11.3 Å². The highest BCUT2D eigenvalue weighted by Gasteiger charge is 2.15. The lowest BCUT2D eigenvalue weighted by molar-refractivity contribution is -0.116. The lowest BCUT2D eigenvalue weighted by Crippen LogP contribution is -2.31. The van der Waals surface area contributed by atoms with Crippen LogP contribution in [0.15, 0.2) is 59.1 Å². The maximum atomic E-state index is 12.3. The second-order valence-electron chi connectivity index (χ2n) is 6.25. The number of hydrogen-bond donors (Lipinski definition) is 2. The molecule has 2 aromatic heterocycles. The van der Waals surface area contributed by atoms with Crippen LogP contribution < -0.4 is 10.6 Å². The van der Waals surface area contributed by atoms with E-state index < -0.39 is 6.04 Å². The molecule has 136 valence electrons. The van der Waals surface area contributed by atoms with Crippen molar-refractivity contribution in [1.82, 2.24) is 10.1 Å². The van der Waals surface area contributed by atoms with Crippen LogP contribution in [0.1, 0.15) is 12.7 Å². The summed E-state index contributed by atoms with van der Waals surface area (Å²) in [5.41, 5.74) is 2.86. The molecule has 7 heteroatoms. The summed E-state index contributed by atoms with van der Waals surface area (Å²) in [4.78, 5) is 17.0. The van der Waals surface area contributed by atoms with Gasteiger partial charge in [0, 0.05) is 17.3 Å². The van der Waals surface area contributed by atoms with E-state index in [1.54, 1.807) is 31.3 Å². The molecule has 0 spiro atoms. The van der Waals surface area contributed by atoms with Gasteiger partial charge in [0.1, 0.15) is 16.8 Å². The van der Waals surface area contributed by atoms with Crippen LogP contribution in [-0.4, -0.2) is 22.1 Å². The van der Waals surface area contributed by atoms with Crippen molar-refractivity contribution in [1.29, 1.82) is 0 Å². The van der Waals surface area contributed by atoms with Gasteiger partial charge in [0.25, 0.3) is 0 Å². The van der Waals surface area contributed by atoms with Crippen LogP contribution in [0.5, 0.6) is 0 Å². The molecule has 0 aliphatic carbocycles. The minimum absolute atomic E-state index is 0.186. The maximum absolute atomic E-state index is 12.3. The fourth-order valence-corrected chi connectivity index (χ4v) is 3.68. The Hall–Kier alpha value is -3.19. The number of aromatic nitrogens is 2. The first-order chi connectivity index (χ1) is 13.1. The average molecular weight is 378 g/mol. The molecule has 2 aromatic carbocycles. The molecule has 0 aliphatic heterocycles. The molecule has 2 N–H and O–H groups in total. The largest absolute Gasteiger partial charge is 0.374 e. The van der Waals surface area contributed by atoms with Gasteiger partial charge >= 0.3 is 0 Å². The number of para-hydroxylation sites is 1. The number of hydrogen-bond acceptors (Lipinski definition) is 6. The van der Waals surface area contributed by atoms with Crippen molar-refractivity contribution < 1.29 is 9.32 Å². The average Bonchev–Trinajstić information content (AvgIpc) is 3.27. The van der Waals surface area contributed by atoms with Gasteiger partial charge in [-0.1, -0.05) is 29.4 Å². The number of anilines is 2. The summed E-state index contributed by atoms with van der Waals surface area (Å²) < 4.78 is 6.12. The quantitative estimate of drug-likeness (QED) is 0.526. The lowest BCUT2D eigenvalue weighted by atomic mass is 10.2. The molecule has 0 radical (unpaired) electrons. The number of fused-ring (bicyclic) bond motifs is 1. The topological polar surface area (TPSA) is 80.0 Å². The zero-order chi connectivity index (χ0) is 18.8.